The zero-order valence-electron chi connectivity index (χ0n) is 64.0. The number of halogens is 3. The van der Waals surface area contributed by atoms with Crippen molar-refractivity contribution in [1.29, 1.82) is 0 Å². The van der Waals surface area contributed by atoms with Crippen molar-refractivity contribution < 1.29 is 43.0 Å². The number of amides is 3. The fraction of sp³-hybridized carbons (Fsp3) is 0.111. The fourth-order valence-corrected chi connectivity index (χ4v) is 15.8. The zero-order chi connectivity index (χ0) is 80.6. The largest absolute Gasteiger partial charge is 0.484 e. The number of hydrogen-bond donors (Lipinski definition) is 0. The highest BCUT2D eigenvalue weighted by Gasteiger charge is 2.32. The summed E-state index contributed by atoms with van der Waals surface area (Å²) < 4.78 is 23.6. The lowest BCUT2D eigenvalue weighted by Gasteiger charge is -2.23. The van der Waals surface area contributed by atoms with Gasteiger partial charge in [-0.2, -0.15) is 0 Å². The van der Waals surface area contributed by atoms with Gasteiger partial charge in [0.1, 0.15) is 17.2 Å². The molecule has 0 fully saturated rings. The molecule has 0 saturated carbocycles. The van der Waals surface area contributed by atoms with Gasteiger partial charge in [-0.15, -0.1) is 0 Å². The molecular formula is C99H77Cl3N6O9. The summed E-state index contributed by atoms with van der Waals surface area (Å²) in [5.41, 5.74) is 17.8. The Hall–Kier alpha value is -13.6. The SMILES string of the molecule is Cc1cc(Cl)ccc1OCC(=O)N1Cc2ccc(C(=O)c3ccc(-c4ccccc4)cc3)n2Cc2ccccc21.Cc1cc(Cl)ccc1OCC(=O)N1Cc2ccc(C(=O)c3cccc4ccccc34)n2Cc2ccccc21.O=C(c1ccc(-c2ccccc2)cc1)c1ccc2n1Cc1ccccc1N(C(=O)COc1ccc(Cl)cc1)C2. The van der Waals surface area contributed by atoms with Gasteiger partial charge in [-0.05, 0) is 190 Å². The van der Waals surface area contributed by atoms with Gasteiger partial charge >= 0.3 is 0 Å². The van der Waals surface area contributed by atoms with Crippen LogP contribution in [0.1, 0.15) is 93.1 Å². The number of rotatable bonds is 17. The lowest BCUT2D eigenvalue weighted by Crippen LogP contribution is -2.34. The second-order valence-electron chi connectivity index (χ2n) is 28.8. The Bertz CT molecular complexity index is 6250. The first-order chi connectivity index (χ1) is 57.0. The molecule has 3 amide bonds. The topological polar surface area (TPSA) is 155 Å². The number of aromatic nitrogens is 3. The predicted octanol–water partition coefficient (Wildman–Crippen LogP) is 21.1. The van der Waals surface area contributed by atoms with Gasteiger partial charge in [0, 0.05) is 65.9 Å². The number of benzene rings is 12. The third-order valence-electron chi connectivity index (χ3n) is 21.3. The van der Waals surface area contributed by atoms with Gasteiger partial charge in [-0.1, -0.05) is 241 Å². The number of anilines is 3. The van der Waals surface area contributed by atoms with E-state index < -0.39 is 0 Å². The van der Waals surface area contributed by atoms with Crippen molar-refractivity contribution in [2.45, 2.75) is 53.1 Å². The second-order valence-corrected chi connectivity index (χ2v) is 30.1. The summed E-state index contributed by atoms with van der Waals surface area (Å²) in [5.74, 6) is 1.18. The van der Waals surface area contributed by atoms with E-state index >= 15 is 0 Å². The Kier molecular flexibility index (Phi) is 22.9. The number of para-hydroxylation sites is 3. The first-order valence-corrected chi connectivity index (χ1v) is 39.5. The maximum atomic E-state index is 13.8. The van der Waals surface area contributed by atoms with Crippen LogP contribution in [-0.4, -0.2) is 68.6 Å². The molecule has 15 aromatic rings. The van der Waals surface area contributed by atoms with E-state index in [9.17, 15) is 28.8 Å². The van der Waals surface area contributed by atoms with E-state index in [1.54, 1.807) is 63.2 Å². The van der Waals surface area contributed by atoms with Crippen LogP contribution in [0.25, 0.3) is 33.0 Å². The predicted molar refractivity (Wildman–Crippen MR) is 462 cm³/mol. The molecule has 0 saturated heterocycles. The molecule has 3 aliphatic heterocycles. The maximum Gasteiger partial charge on any atom is 0.265 e. The Balaban J connectivity index is 0.000000131. The second kappa shape index (κ2) is 34.6. The minimum atomic E-state index is -0.170. The van der Waals surface area contributed by atoms with Crippen LogP contribution in [0.4, 0.5) is 17.1 Å². The lowest BCUT2D eigenvalue weighted by molar-refractivity contribution is -0.121. The standard InChI is InChI=1S/C34H27ClN2O3.C33H25ClN2O3.C32H25ClN2O3/c1-23-19-28(35)15-18-32(23)40-22-33(38)37-21-29-16-17-31(36(29)20-27-9-5-6-10-30(27)37)34(39)26-13-11-25(12-14-26)24-7-3-2-4-8-24;34-27-14-17-29(18-15-27)39-22-32(37)36-21-28-16-19-31(35(28)20-26-8-4-5-9-30(26)36)33(38)25-12-10-24(11-13-25)23-6-2-1-3-7-23;1-21-17-24(33)13-16-30(21)38-20-31(36)35-19-25-14-15-29(34(25)18-23-8-3-5-12-28(23)35)32(37)27-11-6-9-22-7-2-4-10-26(22)27/h2-19H,20-22H2,1H3;1-19H,20-22H2;2-17H,18-20H2,1H3. The molecule has 0 N–H and O–H groups in total. The molecule has 0 radical (unpaired) electrons. The van der Waals surface area contributed by atoms with Gasteiger partial charge in [0.25, 0.3) is 17.7 Å². The van der Waals surface area contributed by atoms with Crippen LogP contribution >= 0.6 is 34.8 Å². The Labute approximate surface area is 692 Å². The van der Waals surface area contributed by atoms with Crippen LogP contribution in [0.5, 0.6) is 17.2 Å². The van der Waals surface area contributed by atoms with Crippen molar-refractivity contribution in [2.24, 2.45) is 0 Å². The maximum absolute atomic E-state index is 13.8. The highest BCUT2D eigenvalue weighted by atomic mass is 35.5. The number of hydrogen-bond acceptors (Lipinski definition) is 9. The van der Waals surface area contributed by atoms with Crippen molar-refractivity contribution in [3.8, 4) is 39.5 Å². The highest BCUT2D eigenvalue weighted by molar-refractivity contribution is 6.31. The van der Waals surface area contributed by atoms with Crippen molar-refractivity contribution >= 4 is 97.7 Å². The molecule has 0 spiro atoms. The first-order valence-electron chi connectivity index (χ1n) is 38.3. The lowest BCUT2D eigenvalue weighted by atomic mass is 10.00. The van der Waals surface area contributed by atoms with Crippen LogP contribution in [0.3, 0.4) is 0 Å². The van der Waals surface area contributed by atoms with Crippen LogP contribution < -0.4 is 28.9 Å². The summed E-state index contributed by atoms with van der Waals surface area (Å²) in [6.45, 7) is 5.92. The minimum Gasteiger partial charge on any atom is -0.484 e. The van der Waals surface area contributed by atoms with E-state index in [1.807, 2.05) is 276 Å². The number of ketones is 3. The van der Waals surface area contributed by atoms with Crippen molar-refractivity contribution in [3.63, 3.8) is 0 Å². The summed E-state index contributed by atoms with van der Waals surface area (Å²) in [5, 5.41) is 3.80. The molecule has 117 heavy (non-hydrogen) atoms. The third kappa shape index (κ3) is 17.0. The number of aryl methyl sites for hydroxylation is 2. The minimum absolute atomic E-state index is 0.0353. The molecule has 18 heteroatoms. The van der Waals surface area contributed by atoms with E-state index in [0.29, 0.717) is 105 Å². The average Bonchev–Trinajstić information content (AvgIpc) is 1.65. The molecule has 6 heterocycles. The normalized spacial score (nSPS) is 12.4. The van der Waals surface area contributed by atoms with E-state index in [4.69, 9.17) is 49.0 Å². The molecule has 578 valence electrons. The monoisotopic (exact) mass is 1600 g/mol. The van der Waals surface area contributed by atoms with Gasteiger partial charge in [-0.3, -0.25) is 28.8 Å². The summed E-state index contributed by atoms with van der Waals surface area (Å²) >= 11 is 18.1. The average molecular weight is 1600 g/mol. The Morgan fingerprint density at radius 3 is 1.08 bits per heavy atom. The Morgan fingerprint density at radius 2 is 0.658 bits per heavy atom. The van der Waals surface area contributed by atoms with Crippen molar-refractivity contribution in [3.05, 3.63) is 415 Å². The fourth-order valence-electron chi connectivity index (χ4n) is 15.2. The van der Waals surface area contributed by atoms with Crippen LogP contribution in [-0.2, 0) is 53.7 Å². The molecule has 0 atom stereocenters. The van der Waals surface area contributed by atoms with Gasteiger partial charge in [-0.25, -0.2) is 0 Å². The van der Waals surface area contributed by atoms with E-state index in [2.05, 4.69) is 24.3 Å². The van der Waals surface area contributed by atoms with Crippen LogP contribution in [0, 0.1) is 13.8 Å². The summed E-state index contributed by atoms with van der Waals surface area (Å²) in [6.07, 6.45) is 0. The third-order valence-corrected chi connectivity index (χ3v) is 22.0. The number of ether oxygens (including phenoxy) is 3. The van der Waals surface area contributed by atoms with E-state index in [0.717, 1.165) is 95.0 Å². The molecule has 15 nitrogen and oxygen atoms in total. The zero-order valence-corrected chi connectivity index (χ0v) is 66.2. The summed E-state index contributed by atoms with van der Waals surface area (Å²) in [6, 6.07) is 102. The summed E-state index contributed by atoms with van der Waals surface area (Å²) in [7, 11) is 0. The van der Waals surface area contributed by atoms with Crippen LogP contribution in [0.2, 0.25) is 15.1 Å². The van der Waals surface area contributed by atoms with Gasteiger partial charge in [0.15, 0.2) is 19.8 Å². The van der Waals surface area contributed by atoms with Crippen molar-refractivity contribution in [1.82, 2.24) is 13.7 Å². The van der Waals surface area contributed by atoms with Gasteiger partial charge in [0.2, 0.25) is 17.3 Å². The molecule has 0 bridgehead atoms. The first kappa shape index (κ1) is 77.4. The summed E-state index contributed by atoms with van der Waals surface area (Å²) in [4.78, 5) is 86.6. The molecule has 18 rings (SSSR count). The molecule has 0 aliphatic carbocycles. The van der Waals surface area contributed by atoms with Gasteiger partial charge in [0.05, 0.1) is 56.4 Å². The molecule has 12 aromatic carbocycles. The smallest absolute Gasteiger partial charge is 0.265 e. The molecule has 3 aromatic heterocycles. The number of carbonyl (C=O) groups excluding carboxylic acids is 6. The molecular weight excluding hydrogens is 1520 g/mol. The van der Waals surface area contributed by atoms with E-state index in [-0.39, 0.29) is 54.9 Å². The van der Waals surface area contributed by atoms with Crippen molar-refractivity contribution in [2.75, 3.05) is 34.5 Å². The van der Waals surface area contributed by atoms with E-state index in [1.165, 1.54) is 0 Å². The number of fused-ring (bicyclic) bond motifs is 7. The van der Waals surface area contributed by atoms with Gasteiger partial charge < -0.3 is 42.6 Å². The van der Waals surface area contributed by atoms with Crippen LogP contribution in [0.15, 0.2) is 322 Å². The quantitative estimate of drug-likeness (QED) is 0.0810. The molecule has 0 unspecified atom stereocenters. The molecule has 3 aliphatic rings. The number of nitrogens with zero attached hydrogens (tertiary/aromatic N) is 6. The highest BCUT2D eigenvalue weighted by Crippen LogP contribution is 2.37. The number of carbonyl (C=O) groups is 6. The Morgan fingerprint density at radius 1 is 0.308 bits per heavy atom.